The van der Waals surface area contributed by atoms with Crippen molar-refractivity contribution in [2.24, 2.45) is 0 Å². The summed E-state index contributed by atoms with van der Waals surface area (Å²) >= 11 is 0. The van der Waals surface area contributed by atoms with Gasteiger partial charge in [0.2, 0.25) is 5.91 Å². The Kier molecular flexibility index (Phi) is 3.74. The van der Waals surface area contributed by atoms with Gasteiger partial charge in [0.05, 0.1) is 30.8 Å². The fraction of sp³-hybridized carbons (Fsp3) is 0.421. The molecule has 0 aliphatic carbocycles. The predicted molar refractivity (Wildman–Crippen MR) is 93.5 cm³/mol. The molecule has 1 aromatic carbocycles. The Morgan fingerprint density at radius 3 is 3.12 bits per heavy atom. The summed E-state index contributed by atoms with van der Waals surface area (Å²) in [5.41, 5.74) is 1.86. The first-order valence-corrected chi connectivity index (χ1v) is 9.02. The zero-order valence-electron chi connectivity index (χ0n) is 14.4. The predicted octanol–water partition coefficient (Wildman–Crippen LogP) is 2.11. The second kappa shape index (κ2) is 6.25. The van der Waals surface area contributed by atoms with Crippen molar-refractivity contribution in [3.8, 4) is 0 Å². The van der Waals surface area contributed by atoms with Gasteiger partial charge in [-0.25, -0.2) is 4.98 Å². The van der Waals surface area contributed by atoms with Crippen LogP contribution in [0.25, 0.3) is 10.9 Å². The molecule has 2 aromatic heterocycles. The van der Waals surface area contributed by atoms with Crippen molar-refractivity contribution in [2.45, 2.75) is 31.8 Å². The zero-order chi connectivity index (χ0) is 17.5. The summed E-state index contributed by atoms with van der Waals surface area (Å²) in [5.74, 6) is 1.99. The van der Waals surface area contributed by atoms with E-state index in [1.54, 1.807) is 10.9 Å². The molecule has 1 amide bonds. The Labute approximate surface area is 150 Å². The van der Waals surface area contributed by atoms with Crippen molar-refractivity contribution in [3.63, 3.8) is 0 Å². The lowest BCUT2D eigenvalue weighted by Crippen LogP contribution is -2.38. The molecule has 7 heteroatoms. The number of carbonyl (C=O) groups excluding carboxylic acids is 1. The highest BCUT2D eigenvalue weighted by Gasteiger charge is 2.29. The van der Waals surface area contributed by atoms with E-state index < -0.39 is 0 Å². The summed E-state index contributed by atoms with van der Waals surface area (Å²) in [7, 11) is 0. The first kappa shape index (κ1) is 15.6. The van der Waals surface area contributed by atoms with E-state index in [0.29, 0.717) is 26.1 Å². The van der Waals surface area contributed by atoms with Gasteiger partial charge in [-0.3, -0.25) is 9.48 Å². The van der Waals surface area contributed by atoms with Crippen LogP contribution < -0.4 is 0 Å². The number of hydrogen-bond acceptors (Lipinski definition) is 5. The number of carbonyl (C=O) groups is 1. The number of fused-ring (bicyclic) bond motifs is 2. The van der Waals surface area contributed by atoms with E-state index in [1.807, 2.05) is 29.2 Å². The van der Waals surface area contributed by atoms with Crippen molar-refractivity contribution in [2.75, 3.05) is 19.8 Å². The van der Waals surface area contributed by atoms with Crippen molar-refractivity contribution in [3.05, 3.63) is 47.8 Å². The Morgan fingerprint density at radius 1 is 1.31 bits per heavy atom. The normalized spacial score (nSPS) is 19.8. The third kappa shape index (κ3) is 2.68. The first-order chi connectivity index (χ1) is 12.8. The number of amides is 1. The van der Waals surface area contributed by atoms with Crippen molar-refractivity contribution in [1.82, 2.24) is 19.7 Å². The van der Waals surface area contributed by atoms with Crippen molar-refractivity contribution >= 4 is 16.8 Å². The molecule has 0 bridgehead atoms. The molecule has 4 heterocycles. The van der Waals surface area contributed by atoms with Crippen LogP contribution in [-0.2, 0) is 29.0 Å². The topological polar surface area (TPSA) is 73.4 Å². The van der Waals surface area contributed by atoms with Gasteiger partial charge < -0.3 is 14.1 Å². The Balaban J connectivity index is 1.31. The Bertz CT molecular complexity index is 955. The lowest BCUT2D eigenvalue weighted by Gasteiger charge is -2.25. The summed E-state index contributed by atoms with van der Waals surface area (Å²) < 4.78 is 13.1. The standard InChI is InChI=1S/C19H20N4O3/c24-18(11-23-16-4-2-1-3-13(16)9-20-23)22-7-5-17-15(10-22)21-19(26-17)14-6-8-25-12-14/h1-4,9,14H,5-8,10-12H2. The maximum absolute atomic E-state index is 12.8. The monoisotopic (exact) mass is 352 g/mol. The van der Waals surface area contributed by atoms with E-state index in [1.165, 1.54) is 0 Å². The molecule has 7 nitrogen and oxygen atoms in total. The lowest BCUT2D eigenvalue weighted by molar-refractivity contribution is -0.133. The van der Waals surface area contributed by atoms with Crippen LogP contribution in [0.4, 0.5) is 0 Å². The molecular weight excluding hydrogens is 332 g/mol. The highest BCUT2D eigenvalue weighted by Crippen LogP contribution is 2.29. The largest absolute Gasteiger partial charge is 0.445 e. The number of rotatable bonds is 3. The van der Waals surface area contributed by atoms with Crippen LogP contribution in [0.1, 0.15) is 29.7 Å². The number of benzene rings is 1. The third-order valence-corrected chi connectivity index (χ3v) is 5.21. The number of ether oxygens (including phenoxy) is 1. The number of hydrogen-bond donors (Lipinski definition) is 0. The third-order valence-electron chi connectivity index (χ3n) is 5.21. The molecule has 2 aliphatic rings. The number of aromatic nitrogens is 3. The molecule has 134 valence electrons. The van der Waals surface area contributed by atoms with Gasteiger partial charge in [0.15, 0.2) is 5.89 Å². The smallest absolute Gasteiger partial charge is 0.244 e. The summed E-state index contributed by atoms with van der Waals surface area (Å²) in [6, 6.07) is 7.92. The molecule has 0 radical (unpaired) electrons. The van der Waals surface area contributed by atoms with Gasteiger partial charge >= 0.3 is 0 Å². The summed E-state index contributed by atoms with van der Waals surface area (Å²) in [4.78, 5) is 19.3. The van der Waals surface area contributed by atoms with Gasteiger partial charge in [-0.2, -0.15) is 5.10 Å². The van der Waals surface area contributed by atoms with Gasteiger partial charge in [-0.1, -0.05) is 18.2 Å². The number of para-hydroxylation sites is 1. The molecule has 26 heavy (non-hydrogen) atoms. The van der Waals surface area contributed by atoms with E-state index in [9.17, 15) is 4.79 Å². The Morgan fingerprint density at radius 2 is 2.23 bits per heavy atom. The van der Waals surface area contributed by atoms with Gasteiger partial charge in [0.25, 0.3) is 0 Å². The van der Waals surface area contributed by atoms with E-state index in [0.717, 1.165) is 41.3 Å². The van der Waals surface area contributed by atoms with Crippen LogP contribution in [0.2, 0.25) is 0 Å². The highest BCUT2D eigenvalue weighted by molar-refractivity contribution is 5.82. The fourth-order valence-corrected chi connectivity index (χ4v) is 3.72. The molecule has 0 saturated carbocycles. The average Bonchev–Trinajstić information content (AvgIpc) is 3.40. The summed E-state index contributed by atoms with van der Waals surface area (Å²) in [6.45, 7) is 2.84. The lowest BCUT2D eigenvalue weighted by atomic mass is 10.1. The van der Waals surface area contributed by atoms with E-state index in [4.69, 9.17) is 9.15 Å². The number of oxazole rings is 1. The first-order valence-electron chi connectivity index (χ1n) is 9.02. The molecule has 0 spiro atoms. The SMILES string of the molecule is O=C(Cn1ncc2ccccc21)N1CCc2oc(C3CCOC3)nc2C1. The average molecular weight is 352 g/mol. The number of nitrogens with zero attached hydrogens (tertiary/aromatic N) is 4. The fourth-order valence-electron chi connectivity index (χ4n) is 3.72. The molecule has 1 fully saturated rings. The molecule has 1 unspecified atom stereocenters. The minimum Gasteiger partial charge on any atom is -0.445 e. The van der Waals surface area contributed by atoms with E-state index in [2.05, 4.69) is 10.1 Å². The van der Waals surface area contributed by atoms with Gasteiger partial charge in [-0.15, -0.1) is 0 Å². The van der Waals surface area contributed by atoms with Gasteiger partial charge in [0, 0.05) is 25.0 Å². The summed E-state index contributed by atoms with van der Waals surface area (Å²) in [6.07, 6.45) is 3.46. The van der Waals surface area contributed by atoms with E-state index >= 15 is 0 Å². The van der Waals surface area contributed by atoms with Crippen LogP contribution in [0.5, 0.6) is 0 Å². The second-order valence-electron chi connectivity index (χ2n) is 6.91. The van der Waals surface area contributed by atoms with Crippen LogP contribution in [0.15, 0.2) is 34.9 Å². The molecule has 1 saturated heterocycles. The molecular formula is C19H20N4O3. The quantitative estimate of drug-likeness (QED) is 0.722. The van der Waals surface area contributed by atoms with Gasteiger partial charge in [-0.05, 0) is 12.5 Å². The zero-order valence-corrected chi connectivity index (χ0v) is 14.4. The van der Waals surface area contributed by atoms with Crippen LogP contribution in [-0.4, -0.2) is 45.3 Å². The molecule has 3 aromatic rings. The van der Waals surface area contributed by atoms with E-state index in [-0.39, 0.29) is 18.4 Å². The van der Waals surface area contributed by atoms with Gasteiger partial charge in [0.1, 0.15) is 18.0 Å². The summed E-state index contributed by atoms with van der Waals surface area (Å²) in [5, 5.41) is 5.39. The molecule has 1 atom stereocenters. The minimum atomic E-state index is 0.0539. The van der Waals surface area contributed by atoms with Crippen molar-refractivity contribution < 1.29 is 13.9 Å². The minimum absolute atomic E-state index is 0.0539. The van der Waals surface area contributed by atoms with Crippen LogP contribution in [0, 0.1) is 0 Å². The van der Waals surface area contributed by atoms with Crippen LogP contribution in [0.3, 0.4) is 0 Å². The van der Waals surface area contributed by atoms with Crippen LogP contribution >= 0.6 is 0 Å². The Hall–Kier alpha value is -2.67. The molecule has 0 N–H and O–H groups in total. The maximum Gasteiger partial charge on any atom is 0.244 e. The highest BCUT2D eigenvalue weighted by atomic mass is 16.5. The molecule has 5 rings (SSSR count). The molecule has 2 aliphatic heterocycles. The maximum atomic E-state index is 12.8. The second-order valence-corrected chi connectivity index (χ2v) is 6.91. The van der Waals surface area contributed by atoms with Crippen molar-refractivity contribution in [1.29, 1.82) is 0 Å².